The summed E-state index contributed by atoms with van der Waals surface area (Å²) in [7, 11) is 1.38. The first-order valence-electron chi connectivity index (χ1n) is 9.77. The highest BCUT2D eigenvalue weighted by atomic mass is 32.1. The van der Waals surface area contributed by atoms with Crippen molar-refractivity contribution in [3.8, 4) is 11.1 Å². The zero-order valence-electron chi connectivity index (χ0n) is 16.4. The Labute approximate surface area is 178 Å². The molecule has 30 heavy (non-hydrogen) atoms. The van der Waals surface area contributed by atoms with Crippen molar-refractivity contribution < 1.29 is 9.53 Å². The highest BCUT2D eigenvalue weighted by molar-refractivity contribution is 7.17. The number of methoxy groups -OCH3 is 1. The third-order valence-electron chi connectivity index (χ3n) is 5.00. The van der Waals surface area contributed by atoms with Crippen LogP contribution >= 0.6 is 11.3 Å². The van der Waals surface area contributed by atoms with E-state index in [0.29, 0.717) is 17.6 Å². The second-order valence-electron chi connectivity index (χ2n) is 7.22. The van der Waals surface area contributed by atoms with E-state index in [2.05, 4.69) is 15.6 Å². The highest BCUT2D eigenvalue weighted by Gasteiger charge is 2.23. The fourth-order valence-corrected chi connectivity index (χ4v) is 4.01. The minimum Gasteiger partial charge on any atom is -0.465 e. The van der Waals surface area contributed by atoms with Gasteiger partial charge in [-0.25, -0.2) is 9.78 Å². The number of carbonyl (C=O) groups is 1. The number of fused-ring (bicyclic) bond motifs is 1. The summed E-state index contributed by atoms with van der Waals surface area (Å²) in [5.74, 6) is 1.15. The first-order valence-corrected chi connectivity index (χ1v) is 10.7. The fraction of sp³-hybridized carbons (Fsp3) is 0.174. The van der Waals surface area contributed by atoms with E-state index >= 15 is 0 Å². The number of hydrogen-bond donors (Lipinski definition) is 2. The molecule has 6 nitrogen and oxygen atoms in total. The van der Waals surface area contributed by atoms with Crippen LogP contribution in [0.5, 0.6) is 0 Å². The standard InChI is InChI=1S/C23H20N4O2S/c1-29-22(28)16-4-2-14(3-5-16)15-6-8-18(9-7-15)25-23-26-19-12-13-30-20(19)21(27-23)24-17-10-11-17/h2-9,12-13,17H,10-11H2,1H3,(H2,24,25,26,27). The molecule has 1 saturated carbocycles. The maximum atomic E-state index is 11.6. The lowest BCUT2D eigenvalue weighted by molar-refractivity contribution is 0.0601. The Morgan fingerprint density at radius 2 is 1.70 bits per heavy atom. The van der Waals surface area contributed by atoms with Crippen LogP contribution in [0.15, 0.2) is 60.0 Å². The predicted molar refractivity (Wildman–Crippen MR) is 121 cm³/mol. The van der Waals surface area contributed by atoms with Crippen LogP contribution in [0.4, 0.5) is 17.5 Å². The van der Waals surface area contributed by atoms with Gasteiger partial charge in [-0.3, -0.25) is 0 Å². The Hall–Kier alpha value is -3.45. The Bertz CT molecular complexity index is 1200. The maximum absolute atomic E-state index is 11.6. The first-order chi connectivity index (χ1) is 14.7. The molecule has 0 saturated heterocycles. The van der Waals surface area contributed by atoms with Crippen LogP contribution in [0.2, 0.25) is 0 Å². The lowest BCUT2D eigenvalue weighted by atomic mass is 10.0. The third kappa shape index (κ3) is 3.84. The van der Waals surface area contributed by atoms with E-state index in [9.17, 15) is 4.79 Å². The van der Waals surface area contributed by atoms with Gasteiger partial charge in [-0.1, -0.05) is 24.3 Å². The normalized spacial score (nSPS) is 13.2. The number of thiophene rings is 1. The van der Waals surface area contributed by atoms with Crippen LogP contribution in [-0.4, -0.2) is 29.1 Å². The van der Waals surface area contributed by atoms with Gasteiger partial charge in [-0.05, 0) is 59.7 Å². The molecule has 0 radical (unpaired) electrons. The van der Waals surface area contributed by atoms with Crippen molar-refractivity contribution in [2.75, 3.05) is 17.7 Å². The zero-order chi connectivity index (χ0) is 20.5. The number of carbonyl (C=O) groups excluding carboxylic acids is 1. The summed E-state index contributed by atoms with van der Waals surface area (Å²) in [6.07, 6.45) is 2.39. The van der Waals surface area contributed by atoms with Gasteiger partial charge in [0.2, 0.25) is 5.95 Å². The molecule has 0 amide bonds. The molecule has 0 spiro atoms. The van der Waals surface area contributed by atoms with Gasteiger partial charge in [-0.2, -0.15) is 4.98 Å². The maximum Gasteiger partial charge on any atom is 0.337 e. The average Bonchev–Trinajstić information content (AvgIpc) is 3.47. The molecular weight excluding hydrogens is 396 g/mol. The van der Waals surface area contributed by atoms with Crippen LogP contribution in [0.3, 0.4) is 0 Å². The number of anilines is 3. The number of aromatic nitrogens is 2. The molecule has 5 rings (SSSR count). The van der Waals surface area contributed by atoms with Crippen molar-refractivity contribution in [1.82, 2.24) is 9.97 Å². The van der Waals surface area contributed by atoms with Gasteiger partial charge in [0.05, 0.1) is 22.9 Å². The number of ether oxygens (including phenoxy) is 1. The van der Waals surface area contributed by atoms with Crippen molar-refractivity contribution in [2.24, 2.45) is 0 Å². The molecule has 4 aromatic rings. The van der Waals surface area contributed by atoms with Gasteiger partial charge in [-0.15, -0.1) is 11.3 Å². The smallest absolute Gasteiger partial charge is 0.337 e. The van der Waals surface area contributed by atoms with Crippen LogP contribution in [-0.2, 0) is 4.74 Å². The summed E-state index contributed by atoms with van der Waals surface area (Å²) >= 11 is 1.66. The third-order valence-corrected chi connectivity index (χ3v) is 5.91. The summed E-state index contributed by atoms with van der Waals surface area (Å²) in [5, 5.41) is 8.86. The van der Waals surface area contributed by atoms with Crippen LogP contribution in [0.1, 0.15) is 23.2 Å². The fourth-order valence-electron chi connectivity index (χ4n) is 3.23. The number of nitrogens with zero attached hydrogens (tertiary/aromatic N) is 2. The average molecular weight is 417 g/mol. The molecule has 1 aliphatic rings. The SMILES string of the molecule is COC(=O)c1ccc(-c2ccc(Nc3nc(NC4CC4)c4sccc4n3)cc2)cc1. The molecule has 2 aromatic heterocycles. The number of nitrogens with one attached hydrogen (secondary N) is 2. The molecule has 0 aliphatic heterocycles. The lowest BCUT2D eigenvalue weighted by Gasteiger charge is -2.10. The van der Waals surface area contributed by atoms with Gasteiger partial charge in [0, 0.05) is 11.7 Å². The minimum atomic E-state index is -0.334. The van der Waals surface area contributed by atoms with Crippen molar-refractivity contribution in [3.05, 3.63) is 65.5 Å². The molecule has 0 atom stereocenters. The Morgan fingerprint density at radius 3 is 2.37 bits per heavy atom. The topological polar surface area (TPSA) is 76.1 Å². The van der Waals surface area contributed by atoms with Gasteiger partial charge in [0.25, 0.3) is 0 Å². The predicted octanol–water partition coefficient (Wildman–Crippen LogP) is 5.46. The molecule has 2 heterocycles. The molecular formula is C23H20N4O2S. The highest BCUT2D eigenvalue weighted by Crippen LogP contribution is 2.32. The molecule has 150 valence electrons. The number of hydrogen-bond acceptors (Lipinski definition) is 7. The van der Waals surface area contributed by atoms with E-state index < -0.39 is 0 Å². The van der Waals surface area contributed by atoms with E-state index in [1.165, 1.54) is 20.0 Å². The van der Waals surface area contributed by atoms with Gasteiger partial charge in [0.1, 0.15) is 5.82 Å². The number of benzene rings is 2. The summed E-state index contributed by atoms with van der Waals surface area (Å²) in [5.41, 5.74) is 4.49. The molecule has 1 aliphatic carbocycles. The van der Waals surface area contributed by atoms with Crippen LogP contribution < -0.4 is 10.6 Å². The molecule has 0 bridgehead atoms. The molecule has 1 fully saturated rings. The summed E-state index contributed by atoms with van der Waals surface area (Å²) in [4.78, 5) is 20.9. The second-order valence-corrected chi connectivity index (χ2v) is 8.14. The van der Waals surface area contributed by atoms with Crippen molar-refractivity contribution in [1.29, 1.82) is 0 Å². The summed E-state index contributed by atoms with van der Waals surface area (Å²) in [6, 6.07) is 18.0. The minimum absolute atomic E-state index is 0.334. The van der Waals surface area contributed by atoms with E-state index in [0.717, 1.165) is 32.8 Å². The summed E-state index contributed by atoms with van der Waals surface area (Å²) in [6.45, 7) is 0. The summed E-state index contributed by atoms with van der Waals surface area (Å²) < 4.78 is 5.84. The second kappa shape index (κ2) is 7.76. The van der Waals surface area contributed by atoms with Gasteiger partial charge >= 0.3 is 5.97 Å². The lowest BCUT2D eigenvalue weighted by Crippen LogP contribution is -2.06. The molecule has 7 heteroatoms. The molecule has 2 N–H and O–H groups in total. The van der Waals surface area contributed by atoms with E-state index in [-0.39, 0.29) is 5.97 Å². The van der Waals surface area contributed by atoms with Gasteiger partial charge in [0.15, 0.2) is 0 Å². The van der Waals surface area contributed by atoms with Crippen molar-refractivity contribution in [3.63, 3.8) is 0 Å². The number of esters is 1. The van der Waals surface area contributed by atoms with Gasteiger partial charge < -0.3 is 15.4 Å². The van der Waals surface area contributed by atoms with Crippen LogP contribution in [0.25, 0.3) is 21.3 Å². The van der Waals surface area contributed by atoms with E-state index in [1.807, 2.05) is 47.8 Å². The Kier molecular flexibility index (Phi) is 4.80. The Morgan fingerprint density at radius 1 is 1.00 bits per heavy atom. The zero-order valence-corrected chi connectivity index (χ0v) is 17.2. The van der Waals surface area contributed by atoms with E-state index in [4.69, 9.17) is 9.72 Å². The Balaban J connectivity index is 1.35. The van der Waals surface area contributed by atoms with Crippen molar-refractivity contribution in [2.45, 2.75) is 18.9 Å². The quantitative estimate of drug-likeness (QED) is 0.406. The molecule has 0 unspecified atom stereocenters. The molecule has 2 aromatic carbocycles. The van der Waals surface area contributed by atoms with Crippen molar-refractivity contribution >= 4 is 45.0 Å². The van der Waals surface area contributed by atoms with Crippen LogP contribution in [0, 0.1) is 0 Å². The first kappa shape index (κ1) is 18.6. The van der Waals surface area contributed by atoms with E-state index in [1.54, 1.807) is 23.5 Å². The largest absolute Gasteiger partial charge is 0.465 e. The monoisotopic (exact) mass is 416 g/mol. The number of rotatable bonds is 6.